The smallest absolute Gasteiger partial charge is 0.287 e. The van der Waals surface area contributed by atoms with Gasteiger partial charge in [-0.25, -0.2) is 0 Å². The molecule has 1 rings (SSSR count). The first-order chi connectivity index (χ1) is 7.42. The molecule has 0 spiro atoms. The van der Waals surface area contributed by atoms with E-state index in [0.29, 0.717) is 0 Å². The summed E-state index contributed by atoms with van der Waals surface area (Å²) in [6.45, 7) is 0. The molecule has 86 valence electrons. The molecule has 0 radical (unpaired) electrons. The summed E-state index contributed by atoms with van der Waals surface area (Å²) in [5.74, 6) is -4.47. The Kier molecular flexibility index (Phi) is 3.26. The Morgan fingerprint density at radius 3 is 2.56 bits per heavy atom. The molecule has 0 aliphatic carbocycles. The quantitative estimate of drug-likeness (QED) is 0.276. The van der Waals surface area contributed by atoms with Gasteiger partial charge in [-0.15, -0.1) is 0 Å². The topological polar surface area (TPSA) is 104 Å². The first-order valence-electron chi connectivity index (χ1n) is 4.25. The van der Waals surface area contributed by atoms with Gasteiger partial charge in [0.25, 0.3) is 5.79 Å². The Bertz CT molecular complexity index is 423. The predicted octanol–water partition coefficient (Wildman–Crippen LogP) is -0.537. The average molecular weight is 226 g/mol. The molecule has 0 aliphatic heterocycles. The molecule has 0 amide bonds. The third-order valence-corrected chi connectivity index (χ3v) is 1.94. The molecule has 16 heavy (non-hydrogen) atoms. The van der Waals surface area contributed by atoms with Crippen molar-refractivity contribution in [2.24, 2.45) is 0 Å². The van der Waals surface area contributed by atoms with E-state index >= 15 is 0 Å². The number of carbonyl (C=O) groups is 2. The Morgan fingerprint density at radius 1 is 1.44 bits per heavy atom. The highest BCUT2D eigenvalue weighted by Gasteiger charge is 2.34. The van der Waals surface area contributed by atoms with Crippen LogP contribution in [-0.2, 0) is 4.79 Å². The number of aldehydes is 1. The third kappa shape index (κ3) is 2.18. The molecule has 0 aromatic heterocycles. The summed E-state index contributed by atoms with van der Waals surface area (Å²) >= 11 is 0. The number of Topliss-reactive ketones (excluding diaryl/α,β-unsaturated/α-hetero) is 1. The molecule has 0 fully saturated rings. The summed E-state index contributed by atoms with van der Waals surface area (Å²) in [4.78, 5) is 21.7. The van der Waals surface area contributed by atoms with Gasteiger partial charge in [0, 0.05) is 5.56 Å². The second-order valence-electron chi connectivity index (χ2n) is 3.06. The Hall–Kier alpha value is -1.92. The van der Waals surface area contributed by atoms with E-state index in [2.05, 4.69) is 0 Å². The highest BCUT2D eigenvalue weighted by Crippen LogP contribution is 2.27. The van der Waals surface area contributed by atoms with E-state index < -0.39 is 11.6 Å². The van der Waals surface area contributed by atoms with Gasteiger partial charge in [-0.1, -0.05) is 0 Å². The number of ether oxygens (including phenoxy) is 1. The van der Waals surface area contributed by atoms with E-state index in [0.717, 1.165) is 18.2 Å². The van der Waals surface area contributed by atoms with Crippen molar-refractivity contribution >= 4 is 12.1 Å². The third-order valence-electron chi connectivity index (χ3n) is 1.94. The van der Waals surface area contributed by atoms with Gasteiger partial charge in [0.2, 0.25) is 5.78 Å². The van der Waals surface area contributed by atoms with Crippen LogP contribution in [0.3, 0.4) is 0 Å². The number of benzene rings is 1. The van der Waals surface area contributed by atoms with Gasteiger partial charge in [0.05, 0.1) is 7.11 Å². The van der Waals surface area contributed by atoms with Crippen molar-refractivity contribution in [2.45, 2.75) is 5.79 Å². The summed E-state index contributed by atoms with van der Waals surface area (Å²) in [6, 6.07) is 3.39. The summed E-state index contributed by atoms with van der Waals surface area (Å²) < 4.78 is 4.73. The SMILES string of the molecule is COc1cc(C(=O)C(O)(O)C=O)ccc1O. The van der Waals surface area contributed by atoms with Crippen LogP contribution in [0.1, 0.15) is 10.4 Å². The van der Waals surface area contributed by atoms with Gasteiger partial charge in [-0.3, -0.25) is 9.59 Å². The highest BCUT2D eigenvalue weighted by molar-refractivity contribution is 6.10. The van der Waals surface area contributed by atoms with Crippen LogP contribution in [0.4, 0.5) is 0 Å². The van der Waals surface area contributed by atoms with Crippen molar-refractivity contribution in [1.82, 2.24) is 0 Å². The van der Waals surface area contributed by atoms with Crippen molar-refractivity contribution in [3.63, 3.8) is 0 Å². The lowest BCUT2D eigenvalue weighted by atomic mass is 10.0. The molecule has 6 heteroatoms. The first kappa shape index (κ1) is 12.2. The van der Waals surface area contributed by atoms with Crippen molar-refractivity contribution in [3.8, 4) is 11.5 Å². The number of hydrogen-bond donors (Lipinski definition) is 3. The monoisotopic (exact) mass is 226 g/mol. The van der Waals surface area contributed by atoms with E-state index in [1.807, 2.05) is 0 Å². The zero-order chi connectivity index (χ0) is 12.3. The Labute approximate surface area is 90.7 Å². The molecular weight excluding hydrogens is 216 g/mol. The minimum atomic E-state index is -3.07. The molecule has 3 N–H and O–H groups in total. The molecule has 1 aromatic carbocycles. The summed E-state index contributed by atoms with van der Waals surface area (Å²) in [5.41, 5.74) is -0.160. The van der Waals surface area contributed by atoms with Crippen LogP contribution >= 0.6 is 0 Å². The second kappa shape index (κ2) is 4.30. The van der Waals surface area contributed by atoms with Crippen molar-refractivity contribution in [1.29, 1.82) is 0 Å². The number of aliphatic hydroxyl groups is 2. The molecule has 0 saturated heterocycles. The predicted molar refractivity (Wildman–Crippen MR) is 52.2 cm³/mol. The van der Waals surface area contributed by atoms with Gasteiger partial charge < -0.3 is 20.1 Å². The molecule has 1 aromatic rings. The number of ketones is 1. The molecule has 6 nitrogen and oxygen atoms in total. The summed E-state index contributed by atoms with van der Waals surface area (Å²) in [5, 5.41) is 27.3. The lowest BCUT2D eigenvalue weighted by Crippen LogP contribution is -2.39. The lowest BCUT2D eigenvalue weighted by Gasteiger charge is -2.13. The van der Waals surface area contributed by atoms with Crippen molar-refractivity contribution < 1.29 is 29.6 Å². The first-order valence-corrected chi connectivity index (χ1v) is 4.25. The highest BCUT2D eigenvalue weighted by atomic mass is 16.5. The minimum Gasteiger partial charge on any atom is -0.504 e. The fourth-order valence-corrected chi connectivity index (χ4v) is 1.08. The van der Waals surface area contributed by atoms with E-state index in [9.17, 15) is 14.7 Å². The average Bonchev–Trinajstić information content (AvgIpc) is 2.28. The lowest BCUT2D eigenvalue weighted by molar-refractivity contribution is -0.151. The van der Waals surface area contributed by atoms with Crippen LogP contribution in [0.15, 0.2) is 18.2 Å². The summed E-state index contributed by atoms with van der Waals surface area (Å²) in [6.07, 6.45) is -0.283. The zero-order valence-corrected chi connectivity index (χ0v) is 8.38. The van der Waals surface area contributed by atoms with Crippen LogP contribution < -0.4 is 4.74 Å². The minimum absolute atomic E-state index is 0.00690. The van der Waals surface area contributed by atoms with Crippen LogP contribution in [0, 0.1) is 0 Å². The number of phenols is 1. The molecule has 0 heterocycles. The van der Waals surface area contributed by atoms with E-state index in [1.54, 1.807) is 0 Å². The van der Waals surface area contributed by atoms with Crippen molar-refractivity contribution in [3.05, 3.63) is 23.8 Å². The van der Waals surface area contributed by atoms with Gasteiger partial charge in [0.15, 0.2) is 17.8 Å². The zero-order valence-electron chi connectivity index (χ0n) is 8.38. The van der Waals surface area contributed by atoms with Gasteiger partial charge >= 0.3 is 0 Å². The van der Waals surface area contributed by atoms with Gasteiger partial charge in [-0.05, 0) is 18.2 Å². The Morgan fingerprint density at radius 2 is 2.06 bits per heavy atom. The number of carbonyl (C=O) groups excluding carboxylic acids is 2. The molecule has 0 aliphatic rings. The van der Waals surface area contributed by atoms with E-state index in [-0.39, 0.29) is 23.3 Å². The molecule has 0 unspecified atom stereocenters. The molecular formula is C10H10O6. The fourth-order valence-electron chi connectivity index (χ4n) is 1.08. The number of aromatic hydroxyl groups is 1. The van der Waals surface area contributed by atoms with Crippen molar-refractivity contribution in [2.75, 3.05) is 7.11 Å². The van der Waals surface area contributed by atoms with Gasteiger partial charge in [0.1, 0.15) is 0 Å². The Balaban J connectivity index is 3.15. The number of hydrogen-bond acceptors (Lipinski definition) is 6. The van der Waals surface area contributed by atoms with E-state index in [4.69, 9.17) is 14.9 Å². The van der Waals surface area contributed by atoms with Crippen LogP contribution in [0.2, 0.25) is 0 Å². The molecule has 0 atom stereocenters. The summed E-state index contributed by atoms with van der Waals surface area (Å²) in [7, 11) is 1.27. The van der Waals surface area contributed by atoms with Crippen LogP contribution in [0.25, 0.3) is 0 Å². The fraction of sp³-hybridized carbons (Fsp3) is 0.200. The number of phenolic OH excluding ortho intramolecular Hbond substituents is 1. The normalized spacial score (nSPS) is 10.9. The maximum absolute atomic E-state index is 11.4. The molecule has 0 saturated carbocycles. The standard InChI is InChI=1S/C10H10O6/c1-16-8-4-6(2-3-7(8)12)9(13)10(14,15)5-11/h2-5,12,14-15H,1H3. The maximum atomic E-state index is 11.4. The van der Waals surface area contributed by atoms with Gasteiger partial charge in [-0.2, -0.15) is 0 Å². The number of rotatable bonds is 4. The number of methoxy groups -OCH3 is 1. The largest absolute Gasteiger partial charge is 0.504 e. The molecule has 0 bridgehead atoms. The van der Waals surface area contributed by atoms with Crippen LogP contribution in [-0.4, -0.2) is 40.3 Å². The maximum Gasteiger partial charge on any atom is 0.287 e. The second-order valence-corrected chi connectivity index (χ2v) is 3.06. The van der Waals surface area contributed by atoms with E-state index in [1.165, 1.54) is 7.11 Å². The van der Waals surface area contributed by atoms with Crippen LogP contribution in [0.5, 0.6) is 11.5 Å².